The van der Waals surface area contributed by atoms with Crippen molar-refractivity contribution in [2.45, 2.75) is 31.6 Å². The maximum absolute atomic E-state index is 14.1. The summed E-state index contributed by atoms with van der Waals surface area (Å²) in [5.41, 5.74) is 5.41. The summed E-state index contributed by atoms with van der Waals surface area (Å²) in [6.07, 6.45) is 6.75. The number of hydrogen-bond acceptors (Lipinski definition) is 5. The van der Waals surface area contributed by atoms with E-state index in [2.05, 4.69) is 26.9 Å². The lowest BCUT2D eigenvalue weighted by atomic mass is 9.95. The molecule has 1 N–H and O–H groups in total. The Morgan fingerprint density at radius 2 is 2.12 bits per heavy atom. The van der Waals surface area contributed by atoms with Gasteiger partial charge in [0.15, 0.2) is 0 Å². The second-order valence-corrected chi connectivity index (χ2v) is 9.69. The first-order valence-corrected chi connectivity index (χ1v) is 12.3. The van der Waals surface area contributed by atoms with Gasteiger partial charge in [-0.1, -0.05) is 23.8 Å². The minimum Gasteiger partial charge on any atom is -0.455 e. The van der Waals surface area contributed by atoms with Gasteiger partial charge in [-0.3, -0.25) is 9.69 Å². The molecule has 0 saturated carbocycles. The van der Waals surface area contributed by atoms with Crippen molar-refractivity contribution >= 4 is 35.1 Å². The van der Waals surface area contributed by atoms with E-state index < -0.39 is 12.2 Å². The monoisotopic (exact) mass is 495 g/mol. The Hall–Kier alpha value is -3.00. The number of allylic oxidation sites excluding steroid dienone is 2. The van der Waals surface area contributed by atoms with Gasteiger partial charge in [0, 0.05) is 35.0 Å². The van der Waals surface area contributed by atoms with Gasteiger partial charge < -0.3 is 4.42 Å². The lowest BCUT2D eigenvalue weighted by molar-refractivity contribution is -0.125. The van der Waals surface area contributed by atoms with Crippen LogP contribution in [-0.2, 0) is 17.8 Å². The highest BCUT2D eigenvalue weighted by Crippen LogP contribution is 2.29. The summed E-state index contributed by atoms with van der Waals surface area (Å²) in [6, 6.07) is 12.4. The number of benzene rings is 1. The molecular formula is C26H23ClFN3O2S. The van der Waals surface area contributed by atoms with Crippen LogP contribution in [0, 0.1) is 0 Å². The molecular weight excluding hydrogens is 473 g/mol. The lowest BCUT2D eigenvalue weighted by Gasteiger charge is -2.34. The molecule has 1 amide bonds. The molecule has 0 spiro atoms. The zero-order valence-electron chi connectivity index (χ0n) is 18.3. The van der Waals surface area contributed by atoms with E-state index in [1.54, 1.807) is 41.7 Å². The maximum Gasteiger partial charge on any atom is 0.262 e. The lowest BCUT2D eigenvalue weighted by Crippen LogP contribution is -2.48. The molecule has 1 aliphatic heterocycles. The topological polar surface area (TPSA) is 57.8 Å². The number of amides is 1. The van der Waals surface area contributed by atoms with E-state index in [0.29, 0.717) is 35.1 Å². The van der Waals surface area contributed by atoms with Crippen molar-refractivity contribution in [1.29, 1.82) is 0 Å². The van der Waals surface area contributed by atoms with Crippen LogP contribution in [0.25, 0.3) is 11.3 Å². The number of rotatable bonds is 6. The fourth-order valence-corrected chi connectivity index (χ4v) is 5.30. The van der Waals surface area contributed by atoms with Crippen molar-refractivity contribution in [2.24, 2.45) is 5.10 Å². The Balaban J connectivity index is 1.30. The number of thiophene rings is 1. The van der Waals surface area contributed by atoms with Gasteiger partial charge in [-0.2, -0.15) is 5.10 Å². The summed E-state index contributed by atoms with van der Waals surface area (Å²) in [7, 11) is 0. The summed E-state index contributed by atoms with van der Waals surface area (Å²) >= 11 is 7.68. The maximum atomic E-state index is 14.1. The van der Waals surface area contributed by atoms with Crippen LogP contribution in [0.3, 0.4) is 0 Å². The van der Waals surface area contributed by atoms with Gasteiger partial charge in [0.2, 0.25) is 0 Å². The van der Waals surface area contributed by atoms with Gasteiger partial charge in [-0.25, -0.2) is 9.82 Å². The Bertz CT molecular complexity index is 1260. The molecule has 2 atom stereocenters. The molecule has 34 heavy (non-hydrogen) atoms. The van der Waals surface area contributed by atoms with E-state index in [1.807, 2.05) is 24.3 Å². The summed E-state index contributed by atoms with van der Waals surface area (Å²) in [5.74, 6) is 0.876. The Morgan fingerprint density at radius 3 is 2.94 bits per heavy atom. The van der Waals surface area contributed by atoms with Gasteiger partial charge in [0.25, 0.3) is 5.91 Å². The van der Waals surface area contributed by atoms with Crippen molar-refractivity contribution in [2.75, 3.05) is 6.54 Å². The van der Waals surface area contributed by atoms with E-state index in [1.165, 1.54) is 16.7 Å². The Labute approximate surface area is 206 Å². The van der Waals surface area contributed by atoms with E-state index in [9.17, 15) is 9.18 Å². The number of carbonyl (C=O) groups excluding carboxylic acids is 1. The number of hydrogen-bond donors (Lipinski definition) is 1. The summed E-state index contributed by atoms with van der Waals surface area (Å²) in [5, 5.41) is 6.85. The zero-order chi connectivity index (χ0) is 23.5. The Morgan fingerprint density at radius 1 is 1.26 bits per heavy atom. The fourth-order valence-electron chi connectivity index (χ4n) is 4.28. The first-order chi connectivity index (χ1) is 16.6. The number of fused-ring (bicyclic) bond motifs is 1. The molecule has 0 bridgehead atoms. The molecule has 5 nitrogen and oxygen atoms in total. The molecule has 3 aromatic rings. The molecule has 5 rings (SSSR count). The third-order valence-electron chi connectivity index (χ3n) is 5.93. The van der Waals surface area contributed by atoms with Crippen LogP contribution in [0.15, 0.2) is 81.2 Å². The molecule has 8 heteroatoms. The van der Waals surface area contributed by atoms with Crippen molar-refractivity contribution in [3.05, 3.63) is 92.9 Å². The standard InChI is InChI=1S/C26H23ClFN3O2S/c27-20-6-4-17(5-7-20)23-9-8-22(33-23)15-29-30-26(32)25(18-2-1-3-21(28)14-18)31-12-10-24-19(16-31)11-13-34-24/h1-2,4-9,11,13-15,21,25H,3,10,12,16H2,(H,30,32)/b29-15+. The second-order valence-electron chi connectivity index (χ2n) is 8.26. The average Bonchev–Trinajstić information content (AvgIpc) is 3.49. The number of hydrazone groups is 1. The Kier molecular flexibility index (Phi) is 6.76. The third kappa shape index (κ3) is 5.06. The smallest absolute Gasteiger partial charge is 0.262 e. The normalized spacial score (nSPS) is 19.1. The van der Waals surface area contributed by atoms with Crippen molar-refractivity contribution < 1.29 is 13.6 Å². The number of nitrogens with zero attached hydrogens (tertiary/aromatic N) is 2. The van der Waals surface area contributed by atoms with Crippen LogP contribution in [0.2, 0.25) is 5.02 Å². The molecule has 0 fully saturated rings. The quantitative estimate of drug-likeness (QED) is 0.349. The van der Waals surface area contributed by atoms with Gasteiger partial charge in [0.05, 0.1) is 6.21 Å². The number of nitrogens with one attached hydrogen (secondary N) is 1. The predicted octanol–water partition coefficient (Wildman–Crippen LogP) is 5.76. The van der Waals surface area contributed by atoms with E-state index in [4.69, 9.17) is 16.0 Å². The predicted molar refractivity (Wildman–Crippen MR) is 134 cm³/mol. The van der Waals surface area contributed by atoms with Crippen LogP contribution in [0.4, 0.5) is 4.39 Å². The summed E-state index contributed by atoms with van der Waals surface area (Å²) in [4.78, 5) is 16.7. The largest absolute Gasteiger partial charge is 0.455 e. The minimum absolute atomic E-state index is 0.301. The molecule has 2 aromatic heterocycles. The molecule has 3 heterocycles. The summed E-state index contributed by atoms with van der Waals surface area (Å²) in [6.45, 7) is 1.37. The van der Waals surface area contributed by atoms with Crippen molar-refractivity contribution in [3.63, 3.8) is 0 Å². The van der Waals surface area contributed by atoms with Gasteiger partial charge in [-0.15, -0.1) is 11.3 Å². The minimum atomic E-state index is -1.09. The molecule has 2 unspecified atom stereocenters. The summed E-state index contributed by atoms with van der Waals surface area (Å²) < 4.78 is 19.9. The van der Waals surface area contributed by atoms with Crippen LogP contribution in [-0.4, -0.2) is 35.8 Å². The highest BCUT2D eigenvalue weighted by molar-refractivity contribution is 7.10. The number of halogens is 2. The number of alkyl halides is 1. The van der Waals surface area contributed by atoms with Crippen LogP contribution in [0.5, 0.6) is 0 Å². The van der Waals surface area contributed by atoms with Crippen LogP contribution < -0.4 is 5.43 Å². The highest BCUT2D eigenvalue weighted by atomic mass is 35.5. The molecule has 1 aliphatic carbocycles. The number of furan rings is 1. The molecule has 174 valence electrons. The molecule has 0 radical (unpaired) electrons. The van der Waals surface area contributed by atoms with E-state index in [0.717, 1.165) is 18.5 Å². The first kappa shape index (κ1) is 22.8. The SMILES string of the molecule is O=C(N/N=C/c1ccc(-c2ccc(Cl)cc2)o1)C(C1=CC(F)CC=C1)N1CCc2sccc2C1. The van der Waals surface area contributed by atoms with Gasteiger partial charge >= 0.3 is 0 Å². The van der Waals surface area contributed by atoms with E-state index in [-0.39, 0.29) is 5.91 Å². The molecule has 2 aliphatic rings. The van der Waals surface area contributed by atoms with Gasteiger partial charge in [0.1, 0.15) is 23.7 Å². The van der Waals surface area contributed by atoms with Crippen LogP contribution in [0.1, 0.15) is 22.6 Å². The first-order valence-electron chi connectivity index (χ1n) is 11.1. The molecule has 1 aromatic carbocycles. The second kappa shape index (κ2) is 10.1. The highest BCUT2D eigenvalue weighted by Gasteiger charge is 2.32. The third-order valence-corrected chi connectivity index (χ3v) is 7.21. The van der Waals surface area contributed by atoms with E-state index >= 15 is 0 Å². The zero-order valence-corrected chi connectivity index (χ0v) is 19.9. The van der Waals surface area contributed by atoms with Crippen molar-refractivity contribution in [3.8, 4) is 11.3 Å². The number of carbonyl (C=O) groups is 1. The van der Waals surface area contributed by atoms with Crippen LogP contribution >= 0.6 is 22.9 Å². The van der Waals surface area contributed by atoms with Gasteiger partial charge in [-0.05, 0) is 71.5 Å². The average molecular weight is 496 g/mol. The fraction of sp³-hybridized carbons (Fsp3) is 0.231. The van der Waals surface area contributed by atoms with Crippen molar-refractivity contribution in [1.82, 2.24) is 10.3 Å². The molecule has 0 saturated heterocycles.